The van der Waals surface area contributed by atoms with Crippen LogP contribution in [0.5, 0.6) is 0 Å². The number of carbonyl (C=O) groups is 2. The molecule has 36 heavy (non-hydrogen) atoms. The van der Waals surface area contributed by atoms with Gasteiger partial charge in [-0.3, -0.25) is 9.59 Å². The summed E-state index contributed by atoms with van der Waals surface area (Å²) in [5.41, 5.74) is 2.53. The fraction of sp³-hybridized carbons (Fsp3) is 0.357. The third-order valence-corrected chi connectivity index (χ3v) is 8.01. The second kappa shape index (κ2) is 12.6. The Labute approximate surface area is 224 Å². The zero-order chi connectivity index (χ0) is 25.5. The summed E-state index contributed by atoms with van der Waals surface area (Å²) in [6.45, 7) is 6.11. The zero-order valence-corrected chi connectivity index (χ0v) is 22.9. The molecule has 3 aromatic rings. The monoisotopic (exact) mass is 571 g/mol. The van der Waals surface area contributed by atoms with E-state index in [1.807, 2.05) is 30.5 Å². The van der Waals surface area contributed by atoms with Gasteiger partial charge in [-0.15, -0.1) is 11.3 Å². The van der Waals surface area contributed by atoms with Crippen molar-refractivity contribution >= 4 is 39.1 Å². The molecule has 2 heterocycles. The Kier molecular flexibility index (Phi) is 9.29. The van der Waals surface area contributed by atoms with E-state index >= 15 is 0 Å². The molecule has 0 N–H and O–H groups in total. The van der Waals surface area contributed by atoms with Gasteiger partial charge in [0.25, 0.3) is 5.91 Å². The number of hydrogen-bond donors (Lipinski definition) is 0. The van der Waals surface area contributed by atoms with Crippen LogP contribution in [-0.2, 0) is 17.9 Å². The van der Waals surface area contributed by atoms with Crippen LogP contribution in [0.15, 0.2) is 64.5 Å². The standard InChI is InChI=1S/C28H31BrFN3O2S/c1-21-11-16-36-26(21)19-33(18-22-7-9-25(30)10-8-22)27(34)20-32(15-14-31-12-2-3-13-31)28(35)23-5-4-6-24(29)17-23/h4-11,16-17H,2-3,12-15,18-20H2,1H3. The number of likely N-dealkylation sites (tertiary alicyclic amines) is 1. The number of benzene rings is 2. The van der Waals surface area contributed by atoms with Crippen LogP contribution >= 0.6 is 27.3 Å². The second-order valence-corrected chi connectivity index (χ2v) is 11.1. The highest BCUT2D eigenvalue weighted by Gasteiger charge is 2.25. The van der Waals surface area contributed by atoms with Gasteiger partial charge in [-0.25, -0.2) is 4.39 Å². The number of rotatable bonds is 10. The maximum atomic E-state index is 13.7. The number of halogens is 2. The molecule has 0 spiro atoms. The topological polar surface area (TPSA) is 43.9 Å². The van der Waals surface area contributed by atoms with Gasteiger partial charge in [-0.2, -0.15) is 0 Å². The van der Waals surface area contributed by atoms with Crippen LogP contribution < -0.4 is 0 Å². The molecular formula is C28H31BrFN3O2S. The molecule has 2 amide bonds. The highest BCUT2D eigenvalue weighted by Crippen LogP contribution is 2.21. The van der Waals surface area contributed by atoms with E-state index in [0.29, 0.717) is 25.2 Å². The SMILES string of the molecule is Cc1ccsc1CN(Cc1ccc(F)cc1)C(=O)CN(CCN1CCCC1)C(=O)c1cccc(Br)c1. The number of aryl methyl sites for hydroxylation is 1. The summed E-state index contributed by atoms with van der Waals surface area (Å²) < 4.78 is 14.3. The Morgan fingerprint density at radius 2 is 1.78 bits per heavy atom. The van der Waals surface area contributed by atoms with E-state index in [-0.39, 0.29) is 24.2 Å². The number of amides is 2. The Morgan fingerprint density at radius 3 is 2.44 bits per heavy atom. The van der Waals surface area contributed by atoms with Crippen molar-refractivity contribution in [1.82, 2.24) is 14.7 Å². The van der Waals surface area contributed by atoms with Crippen LogP contribution in [0.3, 0.4) is 0 Å². The van der Waals surface area contributed by atoms with Crippen LogP contribution in [0.4, 0.5) is 4.39 Å². The Morgan fingerprint density at radius 1 is 1.03 bits per heavy atom. The minimum atomic E-state index is -0.307. The van der Waals surface area contributed by atoms with E-state index in [4.69, 9.17) is 0 Å². The van der Waals surface area contributed by atoms with Crippen molar-refractivity contribution in [3.8, 4) is 0 Å². The van der Waals surface area contributed by atoms with Gasteiger partial charge in [-0.1, -0.05) is 34.1 Å². The fourth-order valence-electron chi connectivity index (χ4n) is 4.37. The van der Waals surface area contributed by atoms with Crippen LogP contribution in [-0.4, -0.2) is 59.2 Å². The van der Waals surface area contributed by atoms with Gasteiger partial charge in [0, 0.05) is 34.5 Å². The summed E-state index contributed by atoms with van der Waals surface area (Å²) in [5, 5.41) is 2.02. The molecule has 190 valence electrons. The van der Waals surface area contributed by atoms with Crippen molar-refractivity contribution in [2.24, 2.45) is 0 Å². The fourth-order valence-corrected chi connectivity index (χ4v) is 5.69. The van der Waals surface area contributed by atoms with Gasteiger partial charge >= 0.3 is 0 Å². The maximum Gasteiger partial charge on any atom is 0.254 e. The third kappa shape index (κ3) is 7.24. The van der Waals surface area contributed by atoms with Crippen molar-refractivity contribution in [3.05, 3.63) is 91.8 Å². The van der Waals surface area contributed by atoms with E-state index in [9.17, 15) is 14.0 Å². The minimum Gasteiger partial charge on any atom is -0.332 e. The second-order valence-electron chi connectivity index (χ2n) is 9.19. The molecule has 0 bridgehead atoms. The smallest absolute Gasteiger partial charge is 0.254 e. The normalized spacial score (nSPS) is 13.6. The van der Waals surface area contributed by atoms with Crippen LogP contribution in [0.25, 0.3) is 0 Å². The summed E-state index contributed by atoms with van der Waals surface area (Å²) in [6.07, 6.45) is 2.34. The number of hydrogen-bond acceptors (Lipinski definition) is 4. The van der Waals surface area contributed by atoms with E-state index < -0.39 is 0 Å². The quantitative estimate of drug-likeness (QED) is 0.312. The molecule has 1 aromatic heterocycles. The molecule has 1 fully saturated rings. The van der Waals surface area contributed by atoms with Gasteiger partial charge < -0.3 is 14.7 Å². The van der Waals surface area contributed by atoms with Crippen LogP contribution in [0.2, 0.25) is 0 Å². The lowest BCUT2D eigenvalue weighted by atomic mass is 10.1. The lowest BCUT2D eigenvalue weighted by molar-refractivity contribution is -0.133. The van der Waals surface area contributed by atoms with Crippen molar-refractivity contribution in [2.45, 2.75) is 32.9 Å². The van der Waals surface area contributed by atoms with Crippen molar-refractivity contribution in [2.75, 3.05) is 32.7 Å². The molecular weight excluding hydrogens is 541 g/mol. The van der Waals surface area contributed by atoms with Crippen molar-refractivity contribution in [1.29, 1.82) is 0 Å². The Bertz CT molecular complexity index is 1180. The Hall–Kier alpha value is -2.55. The molecule has 2 aromatic carbocycles. The molecule has 0 unspecified atom stereocenters. The number of carbonyl (C=O) groups excluding carboxylic acids is 2. The van der Waals surface area contributed by atoms with Crippen LogP contribution in [0, 0.1) is 12.7 Å². The third-order valence-electron chi connectivity index (χ3n) is 6.51. The molecule has 1 aliphatic heterocycles. The molecule has 1 saturated heterocycles. The van der Waals surface area contributed by atoms with Crippen molar-refractivity contribution in [3.63, 3.8) is 0 Å². The highest BCUT2D eigenvalue weighted by molar-refractivity contribution is 9.10. The van der Waals surface area contributed by atoms with Crippen LogP contribution in [0.1, 0.15) is 39.2 Å². The van der Waals surface area contributed by atoms with Gasteiger partial charge in [0.05, 0.1) is 6.54 Å². The van der Waals surface area contributed by atoms with Gasteiger partial charge in [0.15, 0.2) is 0 Å². The predicted molar refractivity (Wildman–Crippen MR) is 145 cm³/mol. The summed E-state index contributed by atoms with van der Waals surface area (Å²) in [5.74, 6) is -0.590. The molecule has 8 heteroatoms. The Balaban J connectivity index is 1.54. The zero-order valence-electron chi connectivity index (χ0n) is 20.5. The largest absolute Gasteiger partial charge is 0.332 e. The van der Waals surface area contributed by atoms with E-state index in [2.05, 4.69) is 20.8 Å². The first-order valence-electron chi connectivity index (χ1n) is 12.2. The molecule has 5 nitrogen and oxygen atoms in total. The van der Waals surface area contributed by atoms with E-state index in [0.717, 1.165) is 40.1 Å². The predicted octanol–water partition coefficient (Wildman–Crippen LogP) is 5.73. The van der Waals surface area contributed by atoms with Gasteiger partial charge in [0.2, 0.25) is 5.91 Å². The average molecular weight is 573 g/mol. The summed E-state index contributed by atoms with van der Waals surface area (Å²) in [4.78, 5) is 34.1. The lowest BCUT2D eigenvalue weighted by Crippen LogP contribution is -2.45. The van der Waals surface area contributed by atoms with Gasteiger partial charge in [0.1, 0.15) is 12.4 Å². The average Bonchev–Trinajstić information content (AvgIpc) is 3.54. The molecule has 1 aliphatic rings. The molecule has 4 rings (SSSR count). The summed E-state index contributed by atoms with van der Waals surface area (Å²) in [7, 11) is 0. The summed E-state index contributed by atoms with van der Waals surface area (Å²) >= 11 is 5.06. The lowest BCUT2D eigenvalue weighted by Gasteiger charge is -2.29. The van der Waals surface area contributed by atoms with Crippen molar-refractivity contribution < 1.29 is 14.0 Å². The molecule has 0 atom stereocenters. The first-order valence-corrected chi connectivity index (χ1v) is 13.9. The maximum absolute atomic E-state index is 13.7. The summed E-state index contributed by atoms with van der Waals surface area (Å²) in [6, 6.07) is 15.6. The highest BCUT2D eigenvalue weighted by atomic mass is 79.9. The molecule has 0 radical (unpaired) electrons. The van der Waals surface area contributed by atoms with E-state index in [1.165, 1.54) is 25.0 Å². The first-order chi connectivity index (χ1) is 17.4. The molecule has 0 aliphatic carbocycles. The first kappa shape index (κ1) is 26.5. The number of thiophene rings is 1. The minimum absolute atomic E-state index is 0.00912. The van der Waals surface area contributed by atoms with E-state index in [1.54, 1.807) is 45.4 Å². The molecule has 0 saturated carbocycles. The number of nitrogens with zero attached hydrogens (tertiary/aromatic N) is 3. The van der Waals surface area contributed by atoms with Gasteiger partial charge in [-0.05, 0) is 85.8 Å².